The van der Waals surface area contributed by atoms with Gasteiger partial charge in [-0.15, -0.1) is 0 Å². The predicted molar refractivity (Wildman–Crippen MR) is 96.2 cm³/mol. The third-order valence-electron chi connectivity index (χ3n) is 3.22. The number of hydrogen-bond acceptors (Lipinski definition) is 4. The Morgan fingerprint density at radius 2 is 1.52 bits per heavy atom. The number of hydrogen-bond donors (Lipinski definition) is 2. The van der Waals surface area contributed by atoms with Crippen LogP contribution in [0, 0.1) is 18.6 Å². The Morgan fingerprint density at radius 1 is 0.800 bits per heavy atom. The lowest BCUT2D eigenvalue weighted by Gasteiger charge is -2.10. The fourth-order valence-electron chi connectivity index (χ4n) is 2.11. The van der Waals surface area contributed by atoms with E-state index in [1.807, 2.05) is 0 Å². The molecule has 0 spiro atoms. The second-order valence-corrected chi connectivity index (χ2v) is 6.04. The van der Waals surface area contributed by atoms with Crippen molar-refractivity contribution in [3.8, 4) is 0 Å². The topological polar surface area (TPSA) is 49.8 Å². The molecule has 0 saturated heterocycles. The molecule has 2 aromatic carbocycles. The van der Waals surface area contributed by atoms with Gasteiger partial charge >= 0.3 is 0 Å². The molecule has 0 aliphatic heterocycles. The molecule has 0 aliphatic rings. The summed E-state index contributed by atoms with van der Waals surface area (Å²) in [6.07, 6.45) is 0. The van der Waals surface area contributed by atoms with Gasteiger partial charge in [0.1, 0.15) is 5.82 Å². The summed E-state index contributed by atoms with van der Waals surface area (Å²) in [5, 5.41) is 6.78. The number of aromatic nitrogens is 2. The Hall–Kier alpha value is -2.44. The highest BCUT2D eigenvalue weighted by Crippen LogP contribution is 2.27. The zero-order valence-corrected chi connectivity index (χ0v) is 14.5. The molecule has 0 fully saturated rings. The largest absolute Gasteiger partial charge is 0.340 e. The lowest BCUT2D eigenvalue weighted by molar-refractivity contribution is 0.509. The van der Waals surface area contributed by atoms with E-state index in [0.717, 1.165) is 12.1 Å². The quantitative estimate of drug-likeness (QED) is 0.595. The predicted octanol–water partition coefficient (Wildman–Crippen LogP) is 5.86. The van der Waals surface area contributed by atoms with Gasteiger partial charge in [-0.3, -0.25) is 0 Å². The minimum atomic E-state index is -0.940. The van der Waals surface area contributed by atoms with E-state index in [0.29, 0.717) is 38.9 Å². The van der Waals surface area contributed by atoms with Crippen LogP contribution in [0.25, 0.3) is 0 Å². The lowest BCUT2D eigenvalue weighted by Crippen LogP contribution is -2.02. The van der Waals surface area contributed by atoms with Gasteiger partial charge in [-0.25, -0.2) is 13.8 Å². The Balaban J connectivity index is 1.84. The van der Waals surface area contributed by atoms with Crippen molar-refractivity contribution in [3.63, 3.8) is 0 Å². The first-order valence-electron chi connectivity index (χ1n) is 7.20. The van der Waals surface area contributed by atoms with Gasteiger partial charge in [0.25, 0.3) is 0 Å². The zero-order valence-electron chi connectivity index (χ0n) is 12.9. The maximum Gasteiger partial charge on any atom is 0.229 e. The normalized spacial score (nSPS) is 10.6. The maximum atomic E-state index is 13.3. The first kappa shape index (κ1) is 17.4. The van der Waals surface area contributed by atoms with Gasteiger partial charge in [0, 0.05) is 29.2 Å². The van der Waals surface area contributed by atoms with Gasteiger partial charge in [0.2, 0.25) is 5.95 Å². The average Bonchev–Trinajstić information content (AvgIpc) is 2.54. The van der Waals surface area contributed by atoms with E-state index in [4.69, 9.17) is 23.2 Å². The molecule has 0 bridgehead atoms. The molecule has 128 valence electrons. The van der Waals surface area contributed by atoms with Crippen molar-refractivity contribution < 1.29 is 8.78 Å². The van der Waals surface area contributed by atoms with E-state index in [2.05, 4.69) is 20.6 Å². The summed E-state index contributed by atoms with van der Waals surface area (Å²) in [4.78, 5) is 8.58. The molecule has 0 unspecified atom stereocenters. The number of nitrogens with zero attached hydrogens (tertiary/aromatic N) is 2. The standard InChI is InChI=1S/C17H12Cl2F2N4/c1-9-6-16(23-11-3-5-14(20)15(21)8-11)25-17(22-9)24-10-2-4-12(18)13(19)7-10/h2-8H,1H3,(H2,22,23,24,25). The number of rotatable bonds is 4. The van der Waals surface area contributed by atoms with Gasteiger partial charge in [-0.1, -0.05) is 23.2 Å². The van der Waals surface area contributed by atoms with Crippen molar-refractivity contribution in [1.29, 1.82) is 0 Å². The van der Waals surface area contributed by atoms with Crippen LogP contribution < -0.4 is 10.6 Å². The first-order valence-corrected chi connectivity index (χ1v) is 7.96. The molecule has 0 amide bonds. The molecule has 2 N–H and O–H groups in total. The van der Waals surface area contributed by atoms with Crippen LogP contribution in [0.5, 0.6) is 0 Å². The van der Waals surface area contributed by atoms with Crippen molar-refractivity contribution in [3.05, 3.63) is 69.8 Å². The summed E-state index contributed by atoms with van der Waals surface area (Å²) in [5.41, 5.74) is 1.72. The molecular formula is C17H12Cl2F2N4. The molecule has 0 atom stereocenters. The van der Waals surface area contributed by atoms with E-state index < -0.39 is 11.6 Å². The third-order valence-corrected chi connectivity index (χ3v) is 3.96. The summed E-state index contributed by atoms with van der Waals surface area (Å²) in [7, 11) is 0. The van der Waals surface area contributed by atoms with Crippen LogP contribution in [0.15, 0.2) is 42.5 Å². The molecule has 0 radical (unpaired) electrons. The monoisotopic (exact) mass is 380 g/mol. The van der Waals surface area contributed by atoms with E-state index in [1.165, 1.54) is 6.07 Å². The van der Waals surface area contributed by atoms with Gasteiger partial charge < -0.3 is 10.6 Å². The highest BCUT2D eigenvalue weighted by atomic mass is 35.5. The highest BCUT2D eigenvalue weighted by Gasteiger charge is 2.07. The second kappa shape index (κ2) is 7.21. The number of anilines is 4. The fourth-order valence-corrected chi connectivity index (χ4v) is 2.41. The molecule has 3 aromatic rings. The summed E-state index contributed by atoms with van der Waals surface area (Å²) in [6.45, 7) is 1.79. The van der Waals surface area contributed by atoms with E-state index >= 15 is 0 Å². The first-order chi connectivity index (χ1) is 11.9. The van der Waals surface area contributed by atoms with Crippen LogP contribution in [0.2, 0.25) is 10.0 Å². The van der Waals surface area contributed by atoms with E-state index in [9.17, 15) is 8.78 Å². The molecule has 4 nitrogen and oxygen atoms in total. The van der Waals surface area contributed by atoms with Crippen LogP contribution in [-0.2, 0) is 0 Å². The van der Waals surface area contributed by atoms with Crippen LogP contribution in [0.1, 0.15) is 5.69 Å². The smallest absolute Gasteiger partial charge is 0.229 e. The molecule has 3 rings (SSSR count). The van der Waals surface area contributed by atoms with Crippen molar-refractivity contribution in [1.82, 2.24) is 9.97 Å². The number of nitrogens with one attached hydrogen (secondary N) is 2. The third kappa shape index (κ3) is 4.35. The minimum Gasteiger partial charge on any atom is -0.340 e. The SMILES string of the molecule is Cc1cc(Nc2ccc(F)c(F)c2)nc(Nc2ccc(Cl)c(Cl)c2)n1. The molecule has 25 heavy (non-hydrogen) atoms. The van der Waals surface area contributed by atoms with Crippen molar-refractivity contribution >= 4 is 46.3 Å². The molecule has 8 heteroatoms. The van der Waals surface area contributed by atoms with E-state index in [1.54, 1.807) is 31.2 Å². The molecule has 1 aromatic heterocycles. The van der Waals surface area contributed by atoms with Crippen molar-refractivity contribution in [2.24, 2.45) is 0 Å². The number of halogens is 4. The van der Waals surface area contributed by atoms with Gasteiger partial charge in [-0.05, 0) is 37.3 Å². The summed E-state index contributed by atoms with van der Waals surface area (Å²) in [5.74, 6) is -1.10. The van der Waals surface area contributed by atoms with Crippen LogP contribution in [0.3, 0.4) is 0 Å². The van der Waals surface area contributed by atoms with Crippen LogP contribution in [0.4, 0.5) is 31.9 Å². The number of benzene rings is 2. The summed E-state index contributed by atoms with van der Waals surface area (Å²) >= 11 is 11.9. The molecule has 0 aliphatic carbocycles. The zero-order chi connectivity index (χ0) is 18.0. The molecule has 0 saturated carbocycles. The lowest BCUT2D eigenvalue weighted by atomic mass is 10.3. The molecular weight excluding hydrogens is 369 g/mol. The Bertz CT molecular complexity index is 863. The minimum absolute atomic E-state index is 0.323. The summed E-state index contributed by atoms with van der Waals surface area (Å²) < 4.78 is 26.3. The van der Waals surface area contributed by atoms with Crippen LogP contribution >= 0.6 is 23.2 Å². The van der Waals surface area contributed by atoms with Crippen LogP contribution in [-0.4, -0.2) is 9.97 Å². The number of aryl methyl sites for hydroxylation is 1. The van der Waals surface area contributed by atoms with Crippen molar-refractivity contribution in [2.45, 2.75) is 6.92 Å². The fraction of sp³-hybridized carbons (Fsp3) is 0.0588. The van der Waals surface area contributed by atoms with Gasteiger partial charge in [0.15, 0.2) is 11.6 Å². The Kier molecular flexibility index (Phi) is 5.01. The average molecular weight is 381 g/mol. The van der Waals surface area contributed by atoms with E-state index in [-0.39, 0.29) is 0 Å². The maximum absolute atomic E-state index is 13.3. The molecule has 1 heterocycles. The summed E-state index contributed by atoms with van der Waals surface area (Å²) in [6, 6.07) is 10.2. The Labute approximate surface area is 152 Å². The highest BCUT2D eigenvalue weighted by molar-refractivity contribution is 6.42. The van der Waals surface area contributed by atoms with Gasteiger partial charge in [0.05, 0.1) is 10.0 Å². The van der Waals surface area contributed by atoms with Crippen molar-refractivity contribution in [2.75, 3.05) is 10.6 Å². The second-order valence-electron chi connectivity index (χ2n) is 5.23. The van der Waals surface area contributed by atoms with Gasteiger partial charge in [-0.2, -0.15) is 4.98 Å². The Morgan fingerprint density at radius 3 is 2.24 bits per heavy atom.